The predicted molar refractivity (Wildman–Crippen MR) is 73.7 cm³/mol. The van der Waals surface area contributed by atoms with Gasteiger partial charge in [-0.3, -0.25) is 18.9 Å². The molecule has 1 aliphatic heterocycles. The van der Waals surface area contributed by atoms with Gasteiger partial charge in [-0.05, 0) is 6.92 Å². The molecule has 1 aromatic rings. The van der Waals surface area contributed by atoms with Gasteiger partial charge in [0.2, 0.25) is 0 Å². The molecule has 1 saturated heterocycles. The summed E-state index contributed by atoms with van der Waals surface area (Å²) >= 11 is 0. The summed E-state index contributed by atoms with van der Waals surface area (Å²) in [6.45, 7) is 0.371. The highest BCUT2D eigenvalue weighted by atomic mass is 31.2. The van der Waals surface area contributed by atoms with Crippen molar-refractivity contribution < 1.29 is 33.1 Å². The average molecular weight is 354 g/mol. The summed E-state index contributed by atoms with van der Waals surface area (Å²) in [5.74, 6) is 0. The van der Waals surface area contributed by atoms with E-state index in [0.29, 0.717) is 0 Å². The van der Waals surface area contributed by atoms with Crippen LogP contribution in [-0.4, -0.2) is 56.0 Å². The molecule has 1 fully saturated rings. The van der Waals surface area contributed by atoms with Gasteiger partial charge in [0.15, 0.2) is 6.17 Å². The number of rotatable bonds is 4. The predicted octanol–water partition coefficient (Wildman–Crippen LogP) is -1.41. The van der Waals surface area contributed by atoms with E-state index in [0.717, 1.165) is 10.8 Å². The molecule has 10 nitrogen and oxygen atoms in total. The van der Waals surface area contributed by atoms with E-state index in [9.17, 15) is 23.7 Å². The van der Waals surface area contributed by atoms with E-state index in [4.69, 9.17) is 14.5 Å². The molecule has 2 heterocycles. The van der Waals surface area contributed by atoms with Gasteiger partial charge < -0.3 is 19.6 Å². The van der Waals surface area contributed by atoms with Crippen LogP contribution >= 0.6 is 7.82 Å². The molecule has 2 rings (SSSR count). The Kier molecular flexibility index (Phi) is 5.19. The van der Waals surface area contributed by atoms with Crippen molar-refractivity contribution in [3.63, 3.8) is 0 Å². The first kappa shape index (κ1) is 18.0. The highest BCUT2D eigenvalue weighted by Gasteiger charge is 2.42. The topological polar surface area (TPSA) is 151 Å². The second-order valence-corrected chi connectivity index (χ2v) is 6.38. The van der Waals surface area contributed by atoms with Gasteiger partial charge >= 0.3 is 13.5 Å². The number of nitrogens with zero attached hydrogens (tertiary/aromatic N) is 1. The third-order valence-corrected chi connectivity index (χ3v) is 3.95. The number of alkyl halides is 1. The Balaban J connectivity index is 2.17. The smallest absolute Gasteiger partial charge is 0.387 e. The lowest BCUT2D eigenvalue weighted by atomic mass is 9.99. The number of halogens is 1. The van der Waals surface area contributed by atoms with Gasteiger partial charge in [0, 0.05) is 11.8 Å². The van der Waals surface area contributed by atoms with Crippen LogP contribution in [0.2, 0.25) is 0 Å². The molecule has 0 bridgehead atoms. The average Bonchev–Trinajstić information content (AvgIpc) is 2.44. The summed E-state index contributed by atoms with van der Waals surface area (Å²) in [7, 11) is -4.78. The summed E-state index contributed by atoms with van der Waals surface area (Å²) in [6.07, 6.45) is -3.87. The molecule has 1 aromatic heterocycles. The molecule has 23 heavy (non-hydrogen) atoms. The Morgan fingerprint density at radius 1 is 1.52 bits per heavy atom. The van der Waals surface area contributed by atoms with Crippen LogP contribution in [0.1, 0.15) is 11.6 Å². The third kappa shape index (κ3) is 4.14. The largest absolute Gasteiger partial charge is 0.469 e. The van der Waals surface area contributed by atoms with Gasteiger partial charge in [-0.1, -0.05) is 0 Å². The molecule has 0 aliphatic carbocycles. The van der Waals surface area contributed by atoms with Gasteiger partial charge in [-0.15, -0.1) is 0 Å². The molecule has 0 unspecified atom stereocenters. The summed E-state index contributed by atoms with van der Waals surface area (Å²) in [6, 6.07) is -1.20. The Labute approximate surface area is 128 Å². The van der Waals surface area contributed by atoms with Crippen molar-refractivity contribution in [1.29, 1.82) is 0 Å². The Morgan fingerprint density at radius 3 is 2.78 bits per heavy atom. The van der Waals surface area contributed by atoms with Crippen molar-refractivity contribution >= 4 is 7.82 Å². The minimum Gasteiger partial charge on any atom is -0.387 e. The summed E-state index contributed by atoms with van der Waals surface area (Å²) in [4.78, 5) is 42.3. The number of aromatic nitrogens is 2. The maximum atomic E-state index is 14.4. The van der Waals surface area contributed by atoms with Gasteiger partial charge in [-0.25, -0.2) is 13.8 Å². The number of phosphoric acid groups is 1. The molecule has 4 atom stereocenters. The van der Waals surface area contributed by atoms with Crippen molar-refractivity contribution in [3.05, 3.63) is 32.6 Å². The molecule has 0 spiro atoms. The molecular weight excluding hydrogens is 338 g/mol. The van der Waals surface area contributed by atoms with Gasteiger partial charge in [-0.2, -0.15) is 0 Å². The summed E-state index contributed by atoms with van der Waals surface area (Å²) in [5.41, 5.74) is -1.28. The second kappa shape index (κ2) is 6.63. The zero-order chi connectivity index (χ0) is 17.4. The first-order valence-electron chi connectivity index (χ1n) is 6.56. The van der Waals surface area contributed by atoms with Gasteiger partial charge in [0.1, 0.15) is 12.2 Å². The van der Waals surface area contributed by atoms with Gasteiger partial charge in [0.05, 0.1) is 19.3 Å². The molecule has 0 saturated carbocycles. The second-order valence-electron chi connectivity index (χ2n) is 5.14. The van der Waals surface area contributed by atoms with E-state index in [1.807, 2.05) is 4.98 Å². The molecule has 1 aliphatic rings. The van der Waals surface area contributed by atoms with Crippen LogP contribution < -0.4 is 11.2 Å². The van der Waals surface area contributed by atoms with Crippen molar-refractivity contribution in [3.8, 4) is 0 Å². The number of aliphatic hydroxyl groups excluding tert-OH is 1. The van der Waals surface area contributed by atoms with Crippen LogP contribution in [0.4, 0.5) is 4.39 Å². The summed E-state index contributed by atoms with van der Waals surface area (Å²) < 4.78 is 35.2. The highest BCUT2D eigenvalue weighted by Crippen LogP contribution is 2.37. The fraction of sp³-hybridized carbons (Fsp3) is 0.636. The normalized spacial score (nSPS) is 28.7. The number of ether oxygens (including phenoxy) is 1. The molecule has 12 heteroatoms. The number of aryl methyl sites for hydroxylation is 1. The van der Waals surface area contributed by atoms with Crippen LogP contribution in [0, 0.1) is 6.92 Å². The molecular formula is C11H16FN2O8P. The maximum absolute atomic E-state index is 14.4. The number of phosphoric ester groups is 1. The van der Waals surface area contributed by atoms with Crippen molar-refractivity contribution in [1.82, 2.24) is 9.55 Å². The van der Waals surface area contributed by atoms with Crippen LogP contribution in [0.3, 0.4) is 0 Å². The highest BCUT2D eigenvalue weighted by molar-refractivity contribution is 7.46. The van der Waals surface area contributed by atoms with Crippen molar-refractivity contribution in [2.24, 2.45) is 0 Å². The van der Waals surface area contributed by atoms with Crippen LogP contribution in [-0.2, 0) is 13.8 Å². The number of aromatic amines is 1. The quantitative estimate of drug-likeness (QED) is 0.482. The minimum absolute atomic E-state index is 0.179. The van der Waals surface area contributed by atoms with E-state index >= 15 is 0 Å². The molecule has 130 valence electrons. The Hall–Kier alpha value is -1.36. The van der Waals surface area contributed by atoms with E-state index < -0.39 is 50.1 Å². The fourth-order valence-electron chi connectivity index (χ4n) is 2.23. The Morgan fingerprint density at radius 2 is 2.17 bits per heavy atom. The maximum Gasteiger partial charge on any atom is 0.469 e. The van der Waals surface area contributed by atoms with E-state index in [1.54, 1.807) is 0 Å². The number of aliphatic hydroxyl groups is 1. The molecule has 4 N–H and O–H groups in total. The van der Waals surface area contributed by atoms with Crippen LogP contribution in [0.25, 0.3) is 0 Å². The fourth-order valence-corrected chi connectivity index (χ4v) is 2.57. The van der Waals surface area contributed by atoms with Crippen LogP contribution in [0.5, 0.6) is 0 Å². The lowest BCUT2D eigenvalue weighted by Gasteiger charge is -2.36. The van der Waals surface area contributed by atoms with E-state index in [-0.39, 0.29) is 12.2 Å². The molecule has 0 radical (unpaired) electrons. The Bertz CT molecular complexity index is 727. The number of H-pyrrole nitrogens is 1. The first-order valence-corrected chi connectivity index (χ1v) is 8.09. The lowest BCUT2D eigenvalue weighted by molar-refractivity contribution is -0.148. The van der Waals surface area contributed by atoms with Crippen molar-refractivity contribution in [2.45, 2.75) is 31.3 Å². The van der Waals surface area contributed by atoms with Gasteiger partial charge in [0.25, 0.3) is 5.56 Å². The van der Waals surface area contributed by atoms with Crippen molar-refractivity contribution in [2.75, 3.05) is 13.2 Å². The first-order chi connectivity index (χ1) is 10.6. The van der Waals surface area contributed by atoms with E-state index in [1.165, 1.54) is 6.92 Å². The zero-order valence-corrected chi connectivity index (χ0v) is 12.9. The molecule has 0 aromatic carbocycles. The minimum atomic E-state index is -4.78. The number of nitrogens with one attached hydrogen (secondary N) is 1. The van der Waals surface area contributed by atoms with E-state index in [2.05, 4.69) is 4.52 Å². The SMILES string of the molecule is Cc1cn([C@@H]2CO[C@H](COP(=O)(O)O)[C@@H](O)[C@H]2F)c(=O)[nH]c1=O. The monoisotopic (exact) mass is 354 g/mol. The molecule has 0 amide bonds. The van der Waals surface area contributed by atoms with Crippen LogP contribution in [0.15, 0.2) is 15.8 Å². The number of hydrogen-bond donors (Lipinski definition) is 4. The summed E-state index contributed by atoms with van der Waals surface area (Å²) in [5, 5.41) is 9.86. The number of hydrogen-bond acceptors (Lipinski definition) is 6. The third-order valence-electron chi connectivity index (χ3n) is 3.47. The lowest BCUT2D eigenvalue weighted by Crippen LogP contribution is -2.52. The zero-order valence-electron chi connectivity index (χ0n) is 12.0. The standard InChI is InChI=1S/C11H16FN2O8P/c1-5-2-14(11(17)13-10(5)16)6-3-21-7(9(15)8(6)12)4-22-23(18,19)20/h2,6-9,15H,3-4H2,1H3,(H,13,16,17)(H2,18,19,20)/t6-,7-,8+,9-/m1/s1.